The van der Waals surface area contributed by atoms with Crippen molar-refractivity contribution in [2.24, 2.45) is 0 Å². The third kappa shape index (κ3) is 2.09. The van der Waals surface area contributed by atoms with E-state index in [9.17, 15) is 8.42 Å². The zero-order valence-electron chi connectivity index (χ0n) is 8.03. The zero-order valence-corrected chi connectivity index (χ0v) is 9.60. The molecule has 1 aliphatic rings. The Labute approximate surface area is 93.2 Å². The molecule has 1 N–H and O–H groups in total. The number of sulfonamides is 1. The molecule has 0 amide bonds. The van der Waals surface area contributed by atoms with E-state index in [4.69, 9.17) is 16.3 Å². The highest BCUT2D eigenvalue weighted by molar-refractivity contribution is 7.89. The number of hydrogen-bond acceptors (Lipinski definition) is 3. The highest BCUT2D eigenvalue weighted by atomic mass is 35.5. The first-order valence-electron chi connectivity index (χ1n) is 4.45. The van der Waals surface area contributed by atoms with Crippen LogP contribution in [0.25, 0.3) is 0 Å². The third-order valence-electron chi connectivity index (χ3n) is 2.08. The molecule has 1 aliphatic heterocycles. The van der Waals surface area contributed by atoms with Crippen LogP contribution in [0.3, 0.4) is 0 Å². The minimum Gasteiger partial charge on any atom is -0.488 e. The van der Waals surface area contributed by atoms with Gasteiger partial charge in [0.25, 0.3) is 0 Å². The van der Waals surface area contributed by atoms with E-state index in [2.05, 4.69) is 4.72 Å². The van der Waals surface area contributed by atoms with E-state index in [1.165, 1.54) is 6.07 Å². The molecule has 0 spiro atoms. The normalized spacial score (nSPS) is 23.7. The topological polar surface area (TPSA) is 55.4 Å². The van der Waals surface area contributed by atoms with Gasteiger partial charge in [-0.25, -0.2) is 13.1 Å². The summed E-state index contributed by atoms with van der Waals surface area (Å²) in [6.07, 6.45) is -0.192. The van der Waals surface area contributed by atoms with Crippen molar-refractivity contribution in [3.8, 4) is 5.75 Å². The minimum atomic E-state index is -3.49. The lowest BCUT2D eigenvalue weighted by Gasteiger charge is -2.10. The molecule has 2 rings (SSSR count). The Morgan fingerprint density at radius 1 is 1.53 bits per heavy atom. The summed E-state index contributed by atoms with van der Waals surface area (Å²) in [6, 6.07) is 4.56. The highest BCUT2D eigenvalue weighted by Crippen LogP contribution is 2.29. The minimum absolute atomic E-state index is 0.0966. The summed E-state index contributed by atoms with van der Waals surface area (Å²) in [7, 11) is -3.49. The summed E-state index contributed by atoms with van der Waals surface area (Å²) in [4.78, 5) is 0.0966. The van der Waals surface area contributed by atoms with E-state index >= 15 is 0 Å². The Hall–Kier alpha value is -0.780. The van der Waals surface area contributed by atoms with Gasteiger partial charge < -0.3 is 4.74 Å². The predicted octanol–water partition coefficient (Wildman–Crippen LogP) is 1.40. The van der Waals surface area contributed by atoms with E-state index in [1.54, 1.807) is 19.1 Å². The van der Waals surface area contributed by atoms with Gasteiger partial charge in [-0.05, 0) is 25.1 Å². The Balaban J connectivity index is 2.61. The van der Waals surface area contributed by atoms with E-state index in [0.29, 0.717) is 10.8 Å². The summed E-state index contributed by atoms with van der Waals surface area (Å²) in [5, 5.41) is 0.372. The number of benzene rings is 1. The van der Waals surface area contributed by atoms with Gasteiger partial charge >= 0.3 is 0 Å². The molecule has 1 aromatic carbocycles. The van der Waals surface area contributed by atoms with Gasteiger partial charge in [0.15, 0.2) is 0 Å². The fourth-order valence-corrected chi connectivity index (χ4v) is 2.86. The molecule has 15 heavy (non-hydrogen) atoms. The molecule has 0 fully saturated rings. The Morgan fingerprint density at radius 2 is 2.27 bits per heavy atom. The van der Waals surface area contributed by atoms with Crippen LogP contribution in [0.2, 0.25) is 5.02 Å². The maximum atomic E-state index is 11.7. The molecule has 6 heteroatoms. The van der Waals surface area contributed by atoms with E-state index in [0.717, 1.165) is 0 Å². The van der Waals surface area contributed by atoms with Gasteiger partial charge in [-0.3, -0.25) is 0 Å². The molecule has 0 aliphatic carbocycles. The largest absolute Gasteiger partial charge is 0.488 e. The molecule has 1 heterocycles. The molecule has 82 valence electrons. The molecular formula is C9H10ClNO3S. The number of nitrogens with one attached hydrogen (secondary N) is 1. The van der Waals surface area contributed by atoms with Crippen LogP contribution in [0.1, 0.15) is 6.92 Å². The van der Waals surface area contributed by atoms with Gasteiger partial charge in [0.2, 0.25) is 10.0 Å². The number of fused-ring (bicyclic) bond motifs is 1. The van der Waals surface area contributed by atoms with Crippen LogP contribution in [-0.4, -0.2) is 21.1 Å². The van der Waals surface area contributed by atoms with Gasteiger partial charge in [0.1, 0.15) is 16.7 Å². The summed E-state index contributed by atoms with van der Waals surface area (Å²) in [5.41, 5.74) is 0. The van der Waals surface area contributed by atoms with Gasteiger partial charge in [-0.2, -0.15) is 0 Å². The second-order valence-corrected chi connectivity index (χ2v) is 5.54. The van der Waals surface area contributed by atoms with Crippen molar-refractivity contribution >= 4 is 21.6 Å². The maximum absolute atomic E-state index is 11.7. The maximum Gasteiger partial charge on any atom is 0.244 e. The Morgan fingerprint density at radius 3 is 3.00 bits per heavy atom. The van der Waals surface area contributed by atoms with Crippen molar-refractivity contribution in [1.29, 1.82) is 0 Å². The first-order chi connectivity index (χ1) is 6.99. The summed E-state index contributed by atoms with van der Waals surface area (Å²) in [5.74, 6) is 0.344. The lowest BCUT2D eigenvalue weighted by atomic mass is 10.3. The summed E-state index contributed by atoms with van der Waals surface area (Å²) < 4.78 is 31.4. The number of hydrogen-bond donors (Lipinski definition) is 1. The third-order valence-corrected chi connectivity index (χ3v) is 3.76. The fraction of sp³-hybridized carbons (Fsp3) is 0.333. The molecule has 4 nitrogen and oxygen atoms in total. The standard InChI is InChI=1S/C9H10ClNO3S/c1-6-5-11-15(12,13)9-4-7(10)2-3-8(9)14-6/h2-4,6,11H,5H2,1H3. The van der Waals surface area contributed by atoms with Crippen LogP contribution in [-0.2, 0) is 10.0 Å². The first-order valence-corrected chi connectivity index (χ1v) is 6.31. The smallest absolute Gasteiger partial charge is 0.244 e. The number of rotatable bonds is 0. The van der Waals surface area contributed by atoms with Crippen LogP contribution < -0.4 is 9.46 Å². The molecule has 0 bridgehead atoms. The predicted molar refractivity (Wildman–Crippen MR) is 56.7 cm³/mol. The van der Waals surface area contributed by atoms with Gasteiger partial charge in [0, 0.05) is 11.6 Å². The SMILES string of the molecule is CC1CNS(=O)(=O)c2cc(Cl)ccc2O1. The molecule has 0 radical (unpaired) electrons. The van der Waals surface area contributed by atoms with E-state index in [1.807, 2.05) is 0 Å². The lowest BCUT2D eigenvalue weighted by Crippen LogP contribution is -2.29. The van der Waals surface area contributed by atoms with Crippen LogP contribution in [0.15, 0.2) is 23.1 Å². The molecule has 0 saturated carbocycles. The van der Waals surface area contributed by atoms with Crippen molar-refractivity contribution in [1.82, 2.24) is 4.72 Å². The monoisotopic (exact) mass is 247 g/mol. The van der Waals surface area contributed by atoms with Crippen LogP contribution in [0, 0.1) is 0 Å². The van der Waals surface area contributed by atoms with Crippen LogP contribution >= 0.6 is 11.6 Å². The fourth-order valence-electron chi connectivity index (χ4n) is 1.35. The molecule has 1 aromatic rings. The highest BCUT2D eigenvalue weighted by Gasteiger charge is 2.25. The number of ether oxygens (including phenoxy) is 1. The summed E-state index contributed by atoms with van der Waals surface area (Å²) in [6.45, 7) is 2.06. The first kappa shape index (κ1) is 10.7. The Bertz CT molecular complexity index is 486. The molecule has 1 atom stereocenters. The van der Waals surface area contributed by atoms with Gasteiger partial charge in [-0.1, -0.05) is 11.6 Å². The van der Waals surface area contributed by atoms with Crippen molar-refractivity contribution < 1.29 is 13.2 Å². The second kappa shape index (κ2) is 3.66. The van der Waals surface area contributed by atoms with Gasteiger partial charge in [-0.15, -0.1) is 0 Å². The van der Waals surface area contributed by atoms with E-state index < -0.39 is 10.0 Å². The van der Waals surface area contributed by atoms with Crippen molar-refractivity contribution in [2.45, 2.75) is 17.9 Å². The average Bonchev–Trinajstić information content (AvgIpc) is 2.27. The summed E-state index contributed by atoms with van der Waals surface area (Å²) >= 11 is 5.75. The zero-order chi connectivity index (χ0) is 11.1. The molecule has 0 saturated heterocycles. The lowest BCUT2D eigenvalue weighted by molar-refractivity contribution is 0.224. The molecule has 1 unspecified atom stereocenters. The van der Waals surface area contributed by atoms with Crippen molar-refractivity contribution in [3.05, 3.63) is 23.2 Å². The van der Waals surface area contributed by atoms with Gasteiger partial charge in [0.05, 0.1) is 0 Å². The van der Waals surface area contributed by atoms with Crippen LogP contribution in [0.4, 0.5) is 0 Å². The van der Waals surface area contributed by atoms with Crippen molar-refractivity contribution in [3.63, 3.8) is 0 Å². The van der Waals surface area contributed by atoms with E-state index in [-0.39, 0.29) is 17.5 Å². The Kier molecular flexibility index (Phi) is 2.62. The second-order valence-electron chi connectivity index (χ2n) is 3.37. The van der Waals surface area contributed by atoms with Crippen molar-refractivity contribution in [2.75, 3.05) is 6.54 Å². The molecular weight excluding hydrogens is 238 g/mol. The quantitative estimate of drug-likeness (QED) is 0.754. The number of halogens is 1. The average molecular weight is 248 g/mol. The van der Waals surface area contributed by atoms with Crippen LogP contribution in [0.5, 0.6) is 5.75 Å². The molecule has 0 aromatic heterocycles.